The highest BCUT2D eigenvalue weighted by Crippen LogP contribution is 2.18. The zero-order valence-electron chi connectivity index (χ0n) is 21.2. The first-order valence-electron chi connectivity index (χ1n) is 13.9. The zero-order valence-corrected chi connectivity index (χ0v) is 21.2. The summed E-state index contributed by atoms with van der Waals surface area (Å²) in [5, 5.41) is 10.9. The van der Waals surface area contributed by atoms with Gasteiger partial charge in [0.1, 0.15) is 6.10 Å². The van der Waals surface area contributed by atoms with Crippen molar-refractivity contribution in [1.82, 2.24) is 0 Å². The number of nitrogens with two attached hydrogens (primary N) is 1. The van der Waals surface area contributed by atoms with Gasteiger partial charge in [0, 0.05) is 6.42 Å². The summed E-state index contributed by atoms with van der Waals surface area (Å²) in [6, 6.07) is 0. The second kappa shape index (κ2) is 25.6. The van der Waals surface area contributed by atoms with Crippen molar-refractivity contribution in [2.45, 2.75) is 148 Å². The SMILES string of the molecule is CCCCCCCCC(CCCCCCCC)OC(=O)CCCCCCC[NH2+]CCO. The summed E-state index contributed by atoms with van der Waals surface area (Å²) in [5.74, 6) is 0.0262. The summed E-state index contributed by atoms with van der Waals surface area (Å²) >= 11 is 0. The average Bonchev–Trinajstić information content (AvgIpc) is 2.77. The van der Waals surface area contributed by atoms with Gasteiger partial charge in [0.15, 0.2) is 0 Å². The van der Waals surface area contributed by atoms with Crippen molar-refractivity contribution < 1.29 is 20.0 Å². The first-order valence-corrected chi connectivity index (χ1v) is 13.9. The van der Waals surface area contributed by atoms with Gasteiger partial charge in [-0.3, -0.25) is 4.79 Å². The minimum absolute atomic E-state index is 0.0262. The van der Waals surface area contributed by atoms with Crippen LogP contribution in [0.5, 0.6) is 0 Å². The van der Waals surface area contributed by atoms with E-state index in [9.17, 15) is 4.79 Å². The van der Waals surface area contributed by atoms with Gasteiger partial charge in [0.05, 0.1) is 19.7 Å². The third kappa shape index (κ3) is 23.9. The van der Waals surface area contributed by atoms with Crippen LogP contribution in [-0.2, 0) is 9.53 Å². The van der Waals surface area contributed by atoms with Crippen LogP contribution in [-0.4, -0.2) is 36.9 Å². The standard InChI is InChI=1S/C27H55NO3/c1-3-5-7-9-12-16-20-26(21-17-13-10-8-6-4-2)31-27(30)22-18-14-11-15-19-23-28-24-25-29/h26,28-29H,3-25H2,1-2H3/p+1. The van der Waals surface area contributed by atoms with Crippen LogP contribution in [0.4, 0.5) is 0 Å². The minimum Gasteiger partial charge on any atom is -0.462 e. The molecule has 0 aromatic carbocycles. The lowest BCUT2D eigenvalue weighted by Gasteiger charge is -2.18. The highest BCUT2D eigenvalue weighted by Gasteiger charge is 2.14. The number of aliphatic hydroxyl groups excluding tert-OH is 1. The monoisotopic (exact) mass is 442 g/mol. The van der Waals surface area contributed by atoms with Crippen LogP contribution in [0, 0.1) is 0 Å². The molecule has 0 aromatic rings. The number of hydrogen-bond donors (Lipinski definition) is 2. The third-order valence-electron chi connectivity index (χ3n) is 6.18. The van der Waals surface area contributed by atoms with Crippen LogP contribution >= 0.6 is 0 Å². The van der Waals surface area contributed by atoms with E-state index in [1.54, 1.807) is 0 Å². The first kappa shape index (κ1) is 30.4. The molecule has 3 N–H and O–H groups in total. The molecule has 0 amide bonds. The van der Waals surface area contributed by atoms with Gasteiger partial charge in [-0.2, -0.15) is 0 Å². The fraction of sp³-hybridized carbons (Fsp3) is 0.963. The molecule has 0 bridgehead atoms. The number of ether oxygens (including phenoxy) is 1. The molecule has 0 unspecified atom stereocenters. The quantitative estimate of drug-likeness (QED) is 0.129. The maximum atomic E-state index is 12.4. The van der Waals surface area contributed by atoms with E-state index in [2.05, 4.69) is 19.2 Å². The third-order valence-corrected chi connectivity index (χ3v) is 6.18. The highest BCUT2D eigenvalue weighted by molar-refractivity contribution is 5.69. The normalized spacial score (nSPS) is 11.4. The molecule has 0 fully saturated rings. The van der Waals surface area contributed by atoms with Crippen molar-refractivity contribution in [3.8, 4) is 0 Å². The Hall–Kier alpha value is -0.610. The van der Waals surface area contributed by atoms with Gasteiger partial charge < -0.3 is 15.2 Å². The largest absolute Gasteiger partial charge is 0.462 e. The number of aliphatic hydroxyl groups is 1. The average molecular weight is 443 g/mol. The van der Waals surface area contributed by atoms with Crippen molar-refractivity contribution >= 4 is 5.97 Å². The second-order valence-corrected chi connectivity index (χ2v) is 9.33. The molecule has 0 heterocycles. The molecule has 4 nitrogen and oxygen atoms in total. The molecule has 0 aliphatic rings. The Labute approximate surface area is 194 Å². The Kier molecular flexibility index (Phi) is 25.1. The van der Waals surface area contributed by atoms with Crippen LogP contribution in [0.3, 0.4) is 0 Å². The highest BCUT2D eigenvalue weighted by atomic mass is 16.5. The van der Waals surface area contributed by atoms with Crippen LogP contribution in [0.15, 0.2) is 0 Å². The molecule has 0 aliphatic heterocycles. The summed E-state index contributed by atoms with van der Waals surface area (Å²) in [6.45, 7) is 6.69. The molecule has 0 saturated heterocycles. The Morgan fingerprint density at radius 2 is 1.16 bits per heavy atom. The van der Waals surface area contributed by atoms with E-state index in [-0.39, 0.29) is 18.7 Å². The lowest BCUT2D eigenvalue weighted by Crippen LogP contribution is -2.85. The molecular weight excluding hydrogens is 386 g/mol. The van der Waals surface area contributed by atoms with Crippen LogP contribution in [0.2, 0.25) is 0 Å². The maximum Gasteiger partial charge on any atom is 0.306 e. The first-order chi connectivity index (χ1) is 15.2. The topological polar surface area (TPSA) is 63.1 Å². The molecule has 0 saturated carbocycles. The predicted molar refractivity (Wildman–Crippen MR) is 132 cm³/mol. The van der Waals surface area contributed by atoms with E-state index in [0.29, 0.717) is 6.42 Å². The summed E-state index contributed by atoms with van der Waals surface area (Å²) < 4.78 is 5.91. The minimum atomic E-state index is 0.0262. The van der Waals surface area contributed by atoms with Crippen molar-refractivity contribution in [2.24, 2.45) is 0 Å². The van der Waals surface area contributed by atoms with Gasteiger partial charge in [-0.25, -0.2) is 0 Å². The number of carbonyl (C=O) groups is 1. The molecule has 0 aromatic heterocycles. The molecule has 0 atom stereocenters. The Balaban J connectivity index is 3.94. The molecule has 31 heavy (non-hydrogen) atoms. The number of unbranched alkanes of at least 4 members (excludes halogenated alkanes) is 14. The van der Waals surface area contributed by atoms with Crippen molar-refractivity contribution in [3.63, 3.8) is 0 Å². The van der Waals surface area contributed by atoms with Gasteiger partial charge in [0.25, 0.3) is 0 Å². The molecular formula is C27H56NO3+. The molecule has 0 radical (unpaired) electrons. The summed E-state index contributed by atoms with van der Waals surface area (Å²) in [7, 11) is 0. The Morgan fingerprint density at radius 3 is 1.71 bits per heavy atom. The van der Waals surface area contributed by atoms with Gasteiger partial charge >= 0.3 is 5.97 Å². The van der Waals surface area contributed by atoms with E-state index in [1.807, 2.05) is 0 Å². The predicted octanol–water partition coefficient (Wildman–Crippen LogP) is 6.30. The summed E-state index contributed by atoms with van der Waals surface area (Å²) in [5.41, 5.74) is 0. The lowest BCUT2D eigenvalue weighted by atomic mass is 10.0. The summed E-state index contributed by atoms with van der Waals surface area (Å²) in [4.78, 5) is 12.4. The van der Waals surface area contributed by atoms with E-state index >= 15 is 0 Å². The number of hydrogen-bond acceptors (Lipinski definition) is 3. The smallest absolute Gasteiger partial charge is 0.306 e. The number of carbonyl (C=O) groups excluding carboxylic acids is 1. The molecule has 4 heteroatoms. The number of rotatable bonds is 25. The molecule has 0 rings (SSSR count). The van der Waals surface area contributed by atoms with Crippen LogP contribution < -0.4 is 5.32 Å². The Morgan fingerprint density at radius 1 is 0.677 bits per heavy atom. The van der Waals surface area contributed by atoms with Gasteiger partial charge in [-0.15, -0.1) is 0 Å². The number of esters is 1. The van der Waals surface area contributed by atoms with Crippen molar-refractivity contribution in [3.05, 3.63) is 0 Å². The lowest BCUT2D eigenvalue weighted by molar-refractivity contribution is -0.656. The molecule has 186 valence electrons. The van der Waals surface area contributed by atoms with Crippen LogP contribution in [0.25, 0.3) is 0 Å². The van der Waals surface area contributed by atoms with Crippen LogP contribution in [0.1, 0.15) is 142 Å². The van der Waals surface area contributed by atoms with Gasteiger partial charge in [-0.05, 0) is 44.9 Å². The van der Waals surface area contributed by atoms with Crippen molar-refractivity contribution in [2.75, 3.05) is 19.7 Å². The van der Waals surface area contributed by atoms with E-state index in [1.165, 1.54) is 96.3 Å². The van der Waals surface area contributed by atoms with E-state index in [4.69, 9.17) is 9.84 Å². The second-order valence-electron chi connectivity index (χ2n) is 9.33. The fourth-order valence-corrected chi connectivity index (χ4v) is 4.14. The molecule has 0 spiro atoms. The fourth-order valence-electron chi connectivity index (χ4n) is 4.14. The summed E-state index contributed by atoms with van der Waals surface area (Å²) in [6.07, 6.45) is 24.1. The zero-order chi connectivity index (χ0) is 22.8. The maximum absolute atomic E-state index is 12.4. The van der Waals surface area contributed by atoms with Crippen molar-refractivity contribution in [1.29, 1.82) is 0 Å². The van der Waals surface area contributed by atoms with Gasteiger partial charge in [0.2, 0.25) is 0 Å². The van der Waals surface area contributed by atoms with Gasteiger partial charge in [-0.1, -0.05) is 90.9 Å². The Bertz CT molecular complexity index is 346. The van der Waals surface area contributed by atoms with E-state index in [0.717, 1.165) is 38.8 Å². The molecule has 0 aliphatic carbocycles. The van der Waals surface area contributed by atoms with E-state index < -0.39 is 0 Å². The number of quaternary nitrogens is 1.